The molecule has 0 aliphatic carbocycles. The molecule has 0 aliphatic heterocycles. The average Bonchev–Trinajstić information content (AvgIpc) is 1.94. The summed E-state index contributed by atoms with van der Waals surface area (Å²) in [5, 5.41) is 17.6. The first-order chi connectivity index (χ1) is 5.13. The number of benzene rings is 1. The van der Waals surface area contributed by atoms with E-state index in [1.807, 2.05) is 0 Å². The summed E-state index contributed by atoms with van der Waals surface area (Å²) in [7, 11) is 0. The summed E-state index contributed by atoms with van der Waals surface area (Å²) in [6.07, 6.45) is 0. The van der Waals surface area contributed by atoms with E-state index in [1.165, 1.54) is 18.2 Å². The molecule has 12 heavy (non-hydrogen) atoms. The van der Waals surface area contributed by atoms with Gasteiger partial charge in [-0.3, -0.25) is 0 Å². The molecule has 60 valence electrons. The van der Waals surface area contributed by atoms with Gasteiger partial charge in [-0.1, -0.05) is 17.7 Å². The number of aromatic carboxylic acids is 1. The summed E-state index contributed by atoms with van der Waals surface area (Å²) >= 11 is 5.44. The number of aromatic hydroxyl groups is 1. The first-order valence-corrected chi connectivity index (χ1v) is 3.21. The number of carbonyl (C=O) groups is 1. The zero-order chi connectivity index (χ0) is 8.43. The minimum atomic E-state index is -1.19. The molecule has 0 saturated heterocycles. The zero-order valence-corrected chi connectivity index (χ0v) is 6.17. The van der Waals surface area contributed by atoms with Crippen LogP contribution in [0.25, 0.3) is 0 Å². The van der Waals surface area contributed by atoms with Crippen molar-refractivity contribution >= 4 is 36.4 Å². The molecule has 0 aliphatic rings. The van der Waals surface area contributed by atoms with Gasteiger partial charge >= 0.3 is 24.8 Å². The molecule has 0 bridgehead atoms. The summed E-state index contributed by atoms with van der Waals surface area (Å²) in [6.45, 7) is 0. The third-order valence-corrected chi connectivity index (χ3v) is 1.52. The molecule has 1 aromatic carbocycles. The van der Waals surface area contributed by atoms with Gasteiger partial charge in [0.1, 0.15) is 11.3 Å². The van der Waals surface area contributed by atoms with E-state index in [2.05, 4.69) is 0 Å². The van der Waals surface area contributed by atoms with E-state index < -0.39 is 5.97 Å². The quantitative estimate of drug-likeness (QED) is 0.636. The number of carboxylic acid groups (broad SMARTS) is 1. The molecule has 0 atom stereocenters. The maximum absolute atomic E-state index is 10.4. The van der Waals surface area contributed by atoms with E-state index in [0.29, 0.717) is 0 Å². The van der Waals surface area contributed by atoms with Gasteiger partial charge in [-0.05, 0) is 12.1 Å². The minimum absolute atomic E-state index is 0. The third-order valence-electron chi connectivity index (χ3n) is 1.22. The second-order valence-electron chi connectivity index (χ2n) is 1.94. The Kier molecular flexibility index (Phi) is 4.19. The monoisotopic (exact) mass is 180 g/mol. The van der Waals surface area contributed by atoms with Crippen molar-refractivity contribution in [3.63, 3.8) is 0 Å². The van der Waals surface area contributed by atoms with E-state index >= 15 is 0 Å². The van der Waals surface area contributed by atoms with Gasteiger partial charge in [0.05, 0.1) is 5.02 Å². The topological polar surface area (TPSA) is 57.5 Å². The summed E-state index contributed by atoms with van der Waals surface area (Å²) in [5.41, 5.74) is -0.183. The summed E-state index contributed by atoms with van der Waals surface area (Å²) < 4.78 is 0. The van der Waals surface area contributed by atoms with Crippen LogP contribution in [0.2, 0.25) is 5.02 Å². The molecule has 0 unspecified atom stereocenters. The van der Waals surface area contributed by atoms with Crippen LogP contribution in [0.4, 0.5) is 0 Å². The molecule has 2 N–H and O–H groups in total. The van der Waals surface area contributed by atoms with Crippen LogP contribution in [0.15, 0.2) is 18.2 Å². The molecule has 0 heterocycles. The molecule has 5 heteroatoms. The van der Waals surface area contributed by atoms with Crippen molar-refractivity contribution in [2.45, 2.75) is 0 Å². The number of rotatable bonds is 1. The Bertz CT molecular complexity index is 301. The Morgan fingerprint density at radius 3 is 2.42 bits per heavy atom. The van der Waals surface area contributed by atoms with Crippen LogP contribution in [0.5, 0.6) is 5.75 Å². The second kappa shape index (κ2) is 4.41. The van der Waals surface area contributed by atoms with Crippen LogP contribution in [-0.2, 0) is 0 Å². The van der Waals surface area contributed by atoms with Gasteiger partial charge in [0.15, 0.2) is 0 Å². The molecule has 1 rings (SSSR count). The summed E-state index contributed by atoms with van der Waals surface area (Å²) in [4.78, 5) is 10.4. The van der Waals surface area contributed by atoms with Crippen molar-refractivity contribution in [3.05, 3.63) is 28.8 Å². The van der Waals surface area contributed by atoms with E-state index in [-0.39, 0.29) is 35.2 Å². The molecular weight excluding hydrogens is 174 g/mol. The van der Waals surface area contributed by atoms with Crippen molar-refractivity contribution in [1.29, 1.82) is 0 Å². The van der Waals surface area contributed by atoms with E-state index in [4.69, 9.17) is 21.8 Å². The Balaban J connectivity index is 0.00000121. The van der Waals surface area contributed by atoms with Crippen molar-refractivity contribution in [3.8, 4) is 5.75 Å². The number of hydrogen-bond donors (Lipinski definition) is 2. The van der Waals surface area contributed by atoms with Gasteiger partial charge in [-0.25, -0.2) is 4.79 Å². The Hall–Kier alpha value is -0.623. The average molecular weight is 181 g/mol. The zero-order valence-electron chi connectivity index (χ0n) is 5.41. The first kappa shape index (κ1) is 11.4. The number of halogens is 1. The fourth-order valence-electron chi connectivity index (χ4n) is 0.688. The van der Waals surface area contributed by atoms with Gasteiger partial charge in [0, 0.05) is 0 Å². The Morgan fingerprint density at radius 2 is 2.00 bits per heavy atom. The van der Waals surface area contributed by atoms with Crippen molar-refractivity contribution in [1.82, 2.24) is 0 Å². The molecule has 0 fully saturated rings. The van der Waals surface area contributed by atoms with E-state index in [1.54, 1.807) is 0 Å². The van der Waals surface area contributed by atoms with Crippen molar-refractivity contribution in [2.75, 3.05) is 0 Å². The van der Waals surface area contributed by atoms with Gasteiger partial charge in [0.25, 0.3) is 0 Å². The summed E-state index contributed by atoms with van der Waals surface area (Å²) in [5.74, 6) is -1.58. The standard InChI is InChI=1S/C7H5ClO3.Li.H/c8-5-3-1-2-4(6(5)9)7(10)11;;/h1-3,9H,(H,10,11);;. The number of para-hydroxylation sites is 1. The SMILES string of the molecule is O=C(O)c1cccc(Cl)c1O.[LiH]. The van der Waals surface area contributed by atoms with Crippen LogP contribution < -0.4 is 0 Å². The van der Waals surface area contributed by atoms with Crippen LogP contribution in [0, 0.1) is 0 Å². The second-order valence-corrected chi connectivity index (χ2v) is 2.35. The molecule has 0 amide bonds. The molecule has 3 nitrogen and oxygen atoms in total. The van der Waals surface area contributed by atoms with Gasteiger partial charge in [0.2, 0.25) is 0 Å². The predicted octanol–water partition coefficient (Wildman–Crippen LogP) is 1.10. The third kappa shape index (κ3) is 2.18. The number of carboxylic acids is 1. The fraction of sp³-hybridized carbons (Fsp3) is 0. The van der Waals surface area contributed by atoms with Crippen LogP contribution >= 0.6 is 11.6 Å². The van der Waals surface area contributed by atoms with Crippen LogP contribution in [-0.4, -0.2) is 35.0 Å². The van der Waals surface area contributed by atoms with E-state index in [9.17, 15) is 4.79 Å². The number of phenols is 1. The van der Waals surface area contributed by atoms with Crippen LogP contribution in [0.3, 0.4) is 0 Å². The van der Waals surface area contributed by atoms with Gasteiger partial charge in [-0.15, -0.1) is 0 Å². The van der Waals surface area contributed by atoms with Crippen molar-refractivity contribution in [2.24, 2.45) is 0 Å². The molecule has 0 aromatic heterocycles. The van der Waals surface area contributed by atoms with Crippen LogP contribution in [0.1, 0.15) is 10.4 Å². The van der Waals surface area contributed by atoms with Crippen molar-refractivity contribution < 1.29 is 15.0 Å². The molecule has 0 saturated carbocycles. The molecule has 0 radical (unpaired) electrons. The molecule has 0 spiro atoms. The Morgan fingerprint density at radius 1 is 1.42 bits per heavy atom. The summed E-state index contributed by atoms with van der Waals surface area (Å²) in [6, 6.07) is 4.17. The number of hydrogen-bond acceptors (Lipinski definition) is 2. The first-order valence-electron chi connectivity index (χ1n) is 2.83. The fourth-order valence-corrected chi connectivity index (χ4v) is 0.862. The van der Waals surface area contributed by atoms with E-state index in [0.717, 1.165) is 0 Å². The molecule has 1 aromatic rings. The molecular formula is C7H6ClLiO3. The predicted molar refractivity (Wildman–Crippen MR) is 47.2 cm³/mol. The van der Waals surface area contributed by atoms with Gasteiger partial charge < -0.3 is 10.2 Å². The maximum atomic E-state index is 10.4. The normalized spacial score (nSPS) is 8.75. The van der Waals surface area contributed by atoms with Gasteiger partial charge in [-0.2, -0.15) is 0 Å². The Labute approximate surface area is 86.1 Å².